The maximum Gasteiger partial charge on any atom is 0.225 e. The summed E-state index contributed by atoms with van der Waals surface area (Å²) in [5.74, 6) is 1.83. The molecule has 1 N–H and O–H groups in total. The van der Waals surface area contributed by atoms with Gasteiger partial charge in [-0.15, -0.1) is 0 Å². The SMILES string of the molecule is COc1cc(OC)c(C2=CCN(C(=O)CC(NC(C)=O)c3ccc(C)cc3)CC2)c(OC)c1. The van der Waals surface area contributed by atoms with Crippen LogP contribution in [0.1, 0.15) is 42.5 Å². The maximum atomic E-state index is 13.1. The van der Waals surface area contributed by atoms with Crippen molar-refractivity contribution in [2.24, 2.45) is 0 Å². The molecule has 1 unspecified atom stereocenters. The van der Waals surface area contributed by atoms with E-state index in [9.17, 15) is 9.59 Å². The number of hydrogen-bond donors (Lipinski definition) is 1. The van der Waals surface area contributed by atoms with E-state index in [1.54, 1.807) is 21.3 Å². The van der Waals surface area contributed by atoms with Crippen LogP contribution in [-0.2, 0) is 9.59 Å². The van der Waals surface area contributed by atoms with Gasteiger partial charge < -0.3 is 24.4 Å². The summed E-state index contributed by atoms with van der Waals surface area (Å²) in [6.45, 7) is 4.53. The van der Waals surface area contributed by atoms with Crippen LogP contribution in [0.25, 0.3) is 5.57 Å². The lowest BCUT2D eigenvalue weighted by molar-refractivity contribution is -0.131. The molecule has 2 amide bonds. The Hall–Kier alpha value is -3.48. The van der Waals surface area contributed by atoms with E-state index in [2.05, 4.69) is 5.32 Å². The van der Waals surface area contributed by atoms with Crippen molar-refractivity contribution >= 4 is 17.4 Å². The van der Waals surface area contributed by atoms with E-state index in [0.717, 1.165) is 22.3 Å². The van der Waals surface area contributed by atoms with Gasteiger partial charge in [0.05, 0.1) is 39.4 Å². The Morgan fingerprint density at radius 1 is 1.03 bits per heavy atom. The first-order chi connectivity index (χ1) is 15.9. The minimum Gasteiger partial charge on any atom is -0.496 e. The molecule has 1 aliphatic heterocycles. The van der Waals surface area contributed by atoms with Crippen LogP contribution < -0.4 is 19.5 Å². The number of methoxy groups -OCH3 is 3. The van der Waals surface area contributed by atoms with Crippen molar-refractivity contribution in [3.05, 3.63) is 59.2 Å². The summed E-state index contributed by atoms with van der Waals surface area (Å²) in [7, 11) is 4.83. The van der Waals surface area contributed by atoms with E-state index in [1.165, 1.54) is 6.92 Å². The van der Waals surface area contributed by atoms with Gasteiger partial charge in [0, 0.05) is 32.1 Å². The molecule has 0 fully saturated rings. The van der Waals surface area contributed by atoms with Gasteiger partial charge in [0.15, 0.2) is 0 Å². The molecule has 0 aromatic heterocycles. The smallest absolute Gasteiger partial charge is 0.225 e. The molecule has 0 spiro atoms. The van der Waals surface area contributed by atoms with Gasteiger partial charge in [0.2, 0.25) is 11.8 Å². The van der Waals surface area contributed by atoms with Crippen molar-refractivity contribution in [2.75, 3.05) is 34.4 Å². The Kier molecular flexibility index (Phi) is 7.98. The lowest BCUT2D eigenvalue weighted by Crippen LogP contribution is -2.38. The van der Waals surface area contributed by atoms with E-state index in [-0.39, 0.29) is 24.3 Å². The number of carbonyl (C=O) groups is 2. The first-order valence-electron chi connectivity index (χ1n) is 11.0. The highest BCUT2D eigenvalue weighted by Crippen LogP contribution is 2.41. The maximum absolute atomic E-state index is 13.1. The number of benzene rings is 2. The van der Waals surface area contributed by atoms with Crippen molar-refractivity contribution in [3.63, 3.8) is 0 Å². The third-order valence-corrected chi connectivity index (χ3v) is 5.83. The fourth-order valence-electron chi connectivity index (χ4n) is 4.04. The van der Waals surface area contributed by atoms with E-state index in [0.29, 0.717) is 36.8 Å². The van der Waals surface area contributed by atoms with E-state index in [1.807, 2.05) is 54.3 Å². The van der Waals surface area contributed by atoms with Crippen LogP contribution >= 0.6 is 0 Å². The molecule has 3 rings (SSSR count). The topological polar surface area (TPSA) is 77.1 Å². The molecule has 2 aromatic rings. The van der Waals surface area contributed by atoms with Crippen LogP contribution in [0.2, 0.25) is 0 Å². The van der Waals surface area contributed by atoms with Gasteiger partial charge in [0.25, 0.3) is 0 Å². The predicted molar refractivity (Wildman–Crippen MR) is 128 cm³/mol. The number of ether oxygens (including phenoxy) is 3. The minimum absolute atomic E-state index is 0.00159. The summed E-state index contributed by atoms with van der Waals surface area (Å²) in [6.07, 6.45) is 2.91. The van der Waals surface area contributed by atoms with Gasteiger partial charge in [-0.1, -0.05) is 35.9 Å². The lowest BCUT2D eigenvalue weighted by Gasteiger charge is -2.29. The molecule has 2 aromatic carbocycles. The van der Waals surface area contributed by atoms with Crippen LogP contribution in [0.3, 0.4) is 0 Å². The number of aryl methyl sites for hydroxylation is 1. The first kappa shape index (κ1) is 24.2. The second kappa shape index (κ2) is 10.9. The van der Waals surface area contributed by atoms with Gasteiger partial charge in [-0.05, 0) is 24.5 Å². The molecule has 7 heteroatoms. The van der Waals surface area contributed by atoms with Crippen molar-refractivity contribution in [3.8, 4) is 17.2 Å². The Balaban J connectivity index is 1.76. The molecule has 1 heterocycles. The molecule has 33 heavy (non-hydrogen) atoms. The fourth-order valence-corrected chi connectivity index (χ4v) is 4.04. The molecule has 0 saturated heterocycles. The fraction of sp³-hybridized carbons (Fsp3) is 0.385. The zero-order valence-corrected chi connectivity index (χ0v) is 19.9. The van der Waals surface area contributed by atoms with Crippen LogP contribution in [0.5, 0.6) is 17.2 Å². The Morgan fingerprint density at radius 2 is 1.67 bits per heavy atom. The molecule has 0 aliphatic carbocycles. The lowest BCUT2D eigenvalue weighted by atomic mass is 9.96. The summed E-state index contributed by atoms with van der Waals surface area (Å²) < 4.78 is 16.5. The number of carbonyl (C=O) groups excluding carboxylic acids is 2. The van der Waals surface area contributed by atoms with E-state index >= 15 is 0 Å². The Labute approximate surface area is 195 Å². The molecular weight excluding hydrogens is 420 g/mol. The zero-order valence-electron chi connectivity index (χ0n) is 19.9. The Bertz CT molecular complexity index is 1000. The second-order valence-electron chi connectivity index (χ2n) is 8.09. The molecule has 1 aliphatic rings. The molecule has 176 valence electrons. The molecule has 0 radical (unpaired) electrons. The largest absolute Gasteiger partial charge is 0.496 e. The number of nitrogens with zero attached hydrogens (tertiary/aromatic N) is 1. The molecule has 0 bridgehead atoms. The minimum atomic E-state index is -0.359. The average molecular weight is 453 g/mol. The van der Waals surface area contributed by atoms with Crippen LogP contribution in [0.15, 0.2) is 42.5 Å². The number of rotatable bonds is 8. The highest BCUT2D eigenvalue weighted by atomic mass is 16.5. The van der Waals surface area contributed by atoms with Gasteiger partial charge in [-0.2, -0.15) is 0 Å². The van der Waals surface area contributed by atoms with Crippen LogP contribution in [0, 0.1) is 6.92 Å². The van der Waals surface area contributed by atoms with E-state index < -0.39 is 0 Å². The van der Waals surface area contributed by atoms with Gasteiger partial charge in [-0.3, -0.25) is 9.59 Å². The van der Waals surface area contributed by atoms with Crippen molar-refractivity contribution in [1.29, 1.82) is 0 Å². The molecule has 0 saturated carbocycles. The number of nitrogens with one attached hydrogen (secondary N) is 1. The van der Waals surface area contributed by atoms with Crippen molar-refractivity contribution in [2.45, 2.75) is 32.7 Å². The standard InChI is InChI=1S/C26H32N2O5/c1-17-6-8-19(9-7-17)22(27-18(2)29)16-25(30)28-12-10-20(11-13-28)26-23(32-4)14-21(31-3)15-24(26)33-5/h6-10,14-15,22H,11-13,16H2,1-5H3,(H,27,29). The first-order valence-corrected chi connectivity index (χ1v) is 11.0. The van der Waals surface area contributed by atoms with E-state index in [4.69, 9.17) is 14.2 Å². The summed E-state index contributed by atoms with van der Waals surface area (Å²) in [6, 6.07) is 11.2. The van der Waals surface area contributed by atoms with Gasteiger partial charge in [-0.25, -0.2) is 0 Å². The summed E-state index contributed by atoms with van der Waals surface area (Å²) in [4.78, 5) is 26.6. The highest BCUT2D eigenvalue weighted by molar-refractivity contribution is 5.82. The second-order valence-corrected chi connectivity index (χ2v) is 8.09. The third-order valence-electron chi connectivity index (χ3n) is 5.83. The third kappa shape index (κ3) is 5.86. The quantitative estimate of drug-likeness (QED) is 0.657. The summed E-state index contributed by atoms with van der Waals surface area (Å²) >= 11 is 0. The summed E-state index contributed by atoms with van der Waals surface area (Å²) in [5, 5.41) is 2.91. The highest BCUT2D eigenvalue weighted by Gasteiger charge is 2.25. The van der Waals surface area contributed by atoms with Crippen LogP contribution in [0.4, 0.5) is 0 Å². The summed E-state index contributed by atoms with van der Waals surface area (Å²) in [5.41, 5.74) is 3.99. The van der Waals surface area contributed by atoms with Crippen LogP contribution in [-0.4, -0.2) is 51.1 Å². The van der Waals surface area contributed by atoms with Gasteiger partial charge >= 0.3 is 0 Å². The average Bonchev–Trinajstić information content (AvgIpc) is 2.82. The van der Waals surface area contributed by atoms with Gasteiger partial charge in [0.1, 0.15) is 17.2 Å². The van der Waals surface area contributed by atoms with Crippen molar-refractivity contribution < 1.29 is 23.8 Å². The predicted octanol–water partition coefficient (Wildman–Crippen LogP) is 3.90. The number of hydrogen-bond acceptors (Lipinski definition) is 5. The zero-order chi connectivity index (χ0) is 24.0. The number of amides is 2. The monoisotopic (exact) mass is 452 g/mol. The normalized spacial score (nSPS) is 14.2. The molecular formula is C26H32N2O5. The Morgan fingerprint density at radius 3 is 2.15 bits per heavy atom. The molecule has 7 nitrogen and oxygen atoms in total. The van der Waals surface area contributed by atoms with Crippen molar-refractivity contribution in [1.82, 2.24) is 10.2 Å². The molecule has 1 atom stereocenters.